The number of hydrogen-bond acceptors (Lipinski definition) is 7. The van der Waals surface area contributed by atoms with Crippen LogP contribution in [0.25, 0.3) is 11.1 Å². The fraction of sp³-hybridized carbons (Fsp3) is 0.541. The standard InChI is InChI=1S/C37H49N5O7S/c43-32(18-2-1-10-20-38-33(44)19-8-7-17-31-34-30(23-50-31)40-36(47)42-34)39-21-11-9-16-29(35(45)46)41-37(48)49-22-28-26-14-5-3-12-24(26)25-13-4-6-15-27(25)28/h3-6,12-15,28-31,34H,1-2,7-11,16-23H2,(H,38,44)(H,39,43)(H,41,48)(H,45,46)(H2,40,42,47)/t29-,30+,31-,34+/m0/s1. The first-order valence-corrected chi connectivity index (χ1v) is 18.9. The molecule has 2 saturated heterocycles. The summed E-state index contributed by atoms with van der Waals surface area (Å²) < 4.78 is 5.50. The molecule has 270 valence electrons. The lowest BCUT2D eigenvalue weighted by atomic mass is 9.98. The Hall–Kier alpha value is -4.26. The molecule has 13 heteroatoms. The van der Waals surface area contributed by atoms with Crippen molar-refractivity contribution < 1.29 is 33.8 Å². The lowest BCUT2D eigenvalue weighted by Crippen LogP contribution is -2.41. The lowest BCUT2D eigenvalue weighted by molar-refractivity contribution is -0.139. The number of rotatable bonds is 20. The van der Waals surface area contributed by atoms with Crippen molar-refractivity contribution in [3.05, 3.63) is 59.7 Å². The molecule has 12 nitrogen and oxygen atoms in total. The van der Waals surface area contributed by atoms with Gasteiger partial charge in [0.05, 0.1) is 12.1 Å². The van der Waals surface area contributed by atoms with Crippen molar-refractivity contribution in [2.24, 2.45) is 0 Å². The molecule has 2 fully saturated rings. The monoisotopic (exact) mass is 707 g/mol. The number of aliphatic carboxylic acids is 1. The topological polar surface area (TPSA) is 175 Å². The number of carboxylic acids is 1. The lowest BCUT2D eigenvalue weighted by Gasteiger charge is -2.17. The molecule has 0 bridgehead atoms. The quantitative estimate of drug-likeness (QED) is 0.0851. The summed E-state index contributed by atoms with van der Waals surface area (Å²) in [6, 6.07) is 15.3. The highest BCUT2D eigenvalue weighted by Gasteiger charge is 2.42. The van der Waals surface area contributed by atoms with E-state index in [0.29, 0.717) is 44.0 Å². The fourth-order valence-corrected chi connectivity index (χ4v) is 8.55. The van der Waals surface area contributed by atoms with Crippen LogP contribution >= 0.6 is 11.8 Å². The van der Waals surface area contributed by atoms with Crippen LogP contribution in [0.4, 0.5) is 9.59 Å². The first kappa shape index (κ1) is 37.0. The number of amides is 5. The van der Waals surface area contributed by atoms with Gasteiger partial charge in [0, 0.05) is 42.9 Å². The molecule has 5 rings (SSSR count). The minimum absolute atomic E-state index is 0.0501. The SMILES string of the molecule is O=C(CCCCCNC(=O)CCCC[C@@H]1SC[C@H]2NC(=O)N[C@@H]12)NCCCC[C@H](NC(=O)OCC1c2ccccc2-c2ccccc21)C(=O)O. The molecule has 0 radical (unpaired) electrons. The second-order valence-corrected chi connectivity index (χ2v) is 14.5. The number of hydrogen-bond donors (Lipinski definition) is 6. The predicted molar refractivity (Wildman–Crippen MR) is 192 cm³/mol. The van der Waals surface area contributed by atoms with E-state index >= 15 is 0 Å². The van der Waals surface area contributed by atoms with Crippen molar-refractivity contribution in [1.82, 2.24) is 26.6 Å². The third kappa shape index (κ3) is 10.4. The average molecular weight is 708 g/mol. The van der Waals surface area contributed by atoms with E-state index in [4.69, 9.17) is 4.74 Å². The summed E-state index contributed by atoms with van der Waals surface area (Å²) in [6.45, 7) is 1.13. The summed E-state index contributed by atoms with van der Waals surface area (Å²) in [6.07, 6.45) is 6.58. The van der Waals surface area contributed by atoms with Gasteiger partial charge in [-0.3, -0.25) is 9.59 Å². The Morgan fingerprint density at radius 1 is 0.820 bits per heavy atom. The van der Waals surface area contributed by atoms with Crippen LogP contribution in [0.1, 0.15) is 87.7 Å². The number of urea groups is 1. The van der Waals surface area contributed by atoms with Crippen molar-refractivity contribution in [1.29, 1.82) is 0 Å². The van der Waals surface area contributed by atoms with Crippen molar-refractivity contribution >= 4 is 41.7 Å². The molecule has 0 saturated carbocycles. The van der Waals surface area contributed by atoms with Crippen LogP contribution in [-0.4, -0.2) is 83.8 Å². The Balaban J connectivity index is 0.854. The van der Waals surface area contributed by atoms with Crippen LogP contribution in [0, 0.1) is 0 Å². The number of nitrogens with one attached hydrogen (secondary N) is 5. The number of alkyl carbamates (subject to hydrolysis) is 1. The van der Waals surface area contributed by atoms with Gasteiger partial charge in [-0.05, 0) is 67.2 Å². The number of unbranched alkanes of at least 4 members (excludes halogenated alkanes) is 4. The van der Waals surface area contributed by atoms with Gasteiger partial charge in [-0.2, -0.15) is 11.8 Å². The molecule has 0 aromatic heterocycles. The van der Waals surface area contributed by atoms with E-state index in [1.54, 1.807) is 0 Å². The van der Waals surface area contributed by atoms with E-state index in [9.17, 15) is 29.1 Å². The van der Waals surface area contributed by atoms with Gasteiger partial charge >= 0.3 is 18.1 Å². The molecule has 2 aromatic rings. The zero-order valence-electron chi connectivity index (χ0n) is 28.4. The summed E-state index contributed by atoms with van der Waals surface area (Å²) in [7, 11) is 0. The average Bonchev–Trinajstić information content (AvgIpc) is 3.77. The Bertz CT molecular complexity index is 1460. The Kier molecular flexibility index (Phi) is 13.8. The summed E-state index contributed by atoms with van der Waals surface area (Å²) in [4.78, 5) is 60.2. The molecular weight excluding hydrogens is 659 g/mol. The maximum Gasteiger partial charge on any atom is 0.407 e. The van der Waals surface area contributed by atoms with Crippen LogP contribution in [0.2, 0.25) is 0 Å². The van der Waals surface area contributed by atoms with Gasteiger partial charge in [0.2, 0.25) is 11.8 Å². The Morgan fingerprint density at radius 2 is 1.44 bits per heavy atom. The van der Waals surface area contributed by atoms with Crippen LogP contribution in [-0.2, 0) is 19.1 Å². The molecule has 1 aliphatic carbocycles. The first-order valence-electron chi connectivity index (χ1n) is 17.9. The zero-order chi connectivity index (χ0) is 35.3. The minimum Gasteiger partial charge on any atom is -0.480 e. The summed E-state index contributed by atoms with van der Waals surface area (Å²) >= 11 is 1.89. The smallest absolute Gasteiger partial charge is 0.407 e. The number of benzene rings is 2. The minimum atomic E-state index is -1.13. The Morgan fingerprint density at radius 3 is 2.10 bits per heavy atom. The van der Waals surface area contributed by atoms with E-state index in [1.807, 2.05) is 60.3 Å². The van der Waals surface area contributed by atoms with E-state index in [0.717, 1.165) is 66.5 Å². The molecule has 0 unspecified atom stereocenters. The maximum absolute atomic E-state index is 12.6. The summed E-state index contributed by atoms with van der Waals surface area (Å²) in [5, 5.41) is 24.3. The van der Waals surface area contributed by atoms with Crippen molar-refractivity contribution in [3.8, 4) is 11.1 Å². The molecule has 6 N–H and O–H groups in total. The van der Waals surface area contributed by atoms with Gasteiger partial charge in [0.15, 0.2) is 0 Å². The van der Waals surface area contributed by atoms with Crippen LogP contribution in [0.15, 0.2) is 48.5 Å². The number of thioether (sulfide) groups is 1. The normalized spacial score (nSPS) is 19.4. The largest absolute Gasteiger partial charge is 0.480 e. The van der Waals surface area contributed by atoms with E-state index in [-0.39, 0.29) is 48.9 Å². The highest BCUT2D eigenvalue weighted by Crippen LogP contribution is 2.44. The number of ether oxygens (including phenoxy) is 1. The fourth-order valence-electron chi connectivity index (χ4n) is 7.01. The van der Waals surface area contributed by atoms with Crippen LogP contribution in [0.3, 0.4) is 0 Å². The third-order valence-corrected chi connectivity index (χ3v) is 11.2. The van der Waals surface area contributed by atoms with Gasteiger partial charge in [0.1, 0.15) is 12.6 Å². The zero-order valence-corrected chi connectivity index (χ0v) is 29.2. The molecule has 5 amide bonds. The van der Waals surface area contributed by atoms with Crippen LogP contribution < -0.4 is 26.6 Å². The maximum atomic E-state index is 12.6. The van der Waals surface area contributed by atoms with Crippen LogP contribution in [0.5, 0.6) is 0 Å². The Labute approximate surface area is 297 Å². The van der Waals surface area contributed by atoms with E-state index < -0.39 is 18.1 Å². The van der Waals surface area contributed by atoms with Crippen molar-refractivity contribution in [3.63, 3.8) is 0 Å². The second kappa shape index (κ2) is 18.7. The molecule has 4 atom stereocenters. The number of carbonyl (C=O) groups excluding carboxylic acids is 4. The molecule has 2 heterocycles. The molecule has 50 heavy (non-hydrogen) atoms. The molecule has 2 aliphatic heterocycles. The van der Waals surface area contributed by atoms with Crippen molar-refractivity contribution in [2.75, 3.05) is 25.4 Å². The van der Waals surface area contributed by atoms with Gasteiger partial charge in [-0.25, -0.2) is 14.4 Å². The molecule has 3 aliphatic rings. The summed E-state index contributed by atoms with van der Waals surface area (Å²) in [5.41, 5.74) is 4.39. The highest BCUT2D eigenvalue weighted by molar-refractivity contribution is 8.00. The van der Waals surface area contributed by atoms with Gasteiger partial charge in [0.25, 0.3) is 0 Å². The molecule has 2 aromatic carbocycles. The number of fused-ring (bicyclic) bond motifs is 4. The van der Waals surface area contributed by atoms with Gasteiger partial charge in [-0.15, -0.1) is 0 Å². The molecular formula is C37H49N5O7S. The van der Waals surface area contributed by atoms with Gasteiger partial charge in [-0.1, -0.05) is 61.4 Å². The van der Waals surface area contributed by atoms with Crippen molar-refractivity contribution in [2.45, 2.75) is 99.9 Å². The number of carbonyl (C=O) groups is 5. The summed E-state index contributed by atoms with van der Waals surface area (Å²) in [5.74, 6) is -0.304. The van der Waals surface area contributed by atoms with Gasteiger partial charge < -0.3 is 36.4 Å². The van der Waals surface area contributed by atoms with E-state index in [1.165, 1.54) is 0 Å². The molecule has 0 spiro atoms. The highest BCUT2D eigenvalue weighted by atomic mass is 32.2. The first-order chi connectivity index (χ1) is 24.3. The van der Waals surface area contributed by atoms with E-state index in [2.05, 4.69) is 26.6 Å². The number of carboxylic acid groups (broad SMARTS) is 1. The second-order valence-electron chi connectivity index (χ2n) is 13.2. The third-order valence-electron chi connectivity index (χ3n) is 9.66. The predicted octanol–water partition coefficient (Wildman–Crippen LogP) is 4.67.